The van der Waals surface area contributed by atoms with Gasteiger partial charge in [-0.15, -0.1) is 0 Å². The standard InChI is InChI=1S/C32H36ClN3O4/c1-19-7-6-10-24(20(19)2)35-30(38)28-32-17-15-25(40-32)26(29(37)34-23-13-11-22(33)12-14-23)27(32)31(39)36(28)18-16-21-8-4-3-5-9-21/h3-5,8-9,11-15,17,19-20,24-28H,6-7,10,16,18H2,1-2H3,(H,34,37)(H,35,38). The number of ether oxygens (including phenoxy) is 1. The van der Waals surface area contributed by atoms with Crippen LogP contribution in [0.1, 0.15) is 38.7 Å². The Morgan fingerprint density at radius 1 is 1.05 bits per heavy atom. The molecule has 3 heterocycles. The third-order valence-electron chi connectivity index (χ3n) is 9.56. The van der Waals surface area contributed by atoms with E-state index in [0.29, 0.717) is 35.5 Å². The zero-order valence-corrected chi connectivity index (χ0v) is 23.6. The van der Waals surface area contributed by atoms with Crippen LogP contribution in [0.3, 0.4) is 0 Å². The molecular formula is C32H36ClN3O4. The predicted octanol–water partition coefficient (Wildman–Crippen LogP) is 4.61. The number of hydrogen-bond donors (Lipinski definition) is 2. The van der Waals surface area contributed by atoms with Crippen molar-refractivity contribution >= 4 is 35.0 Å². The van der Waals surface area contributed by atoms with Gasteiger partial charge in [-0.25, -0.2) is 0 Å². The van der Waals surface area contributed by atoms with Crippen LogP contribution in [-0.4, -0.2) is 53.0 Å². The van der Waals surface area contributed by atoms with Crippen LogP contribution in [0, 0.1) is 23.7 Å². The molecule has 210 valence electrons. The van der Waals surface area contributed by atoms with Gasteiger partial charge >= 0.3 is 0 Å². The van der Waals surface area contributed by atoms with Crippen molar-refractivity contribution in [2.75, 3.05) is 11.9 Å². The third kappa shape index (κ3) is 4.63. The lowest BCUT2D eigenvalue weighted by Crippen LogP contribution is -2.58. The van der Waals surface area contributed by atoms with Gasteiger partial charge in [0.05, 0.1) is 17.9 Å². The topological polar surface area (TPSA) is 87.7 Å². The fourth-order valence-electron chi connectivity index (χ4n) is 7.21. The summed E-state index contributed by atoms with van der Waals surface area (Å²) in [6.07, 6.45) is 6.89. The van der Waals surface area contributed by atoms with E-state index in [4.69, 9.17) is 16.3 Å². The molecule has 1 aliphatic carbocycles. The Labute approximate surface area is 240 Å². The fourth-order valence-corrected chi connectivity index (χ4v) is 7.33. The van der Waals surface area contributed by atoms with Gasteiger partial charge in [-0.05, 0) is 54.5 Å². The Hall–Kier alpha value is -3.16. The number of amides is 3. The highest BCUT2D eigenvalue weighted by Gasteiger charge is 2.72. The molecule has 3 amide bonds. The number of nitrogens with one attached hydrogen (secondary N) is 2. The number of benzene rings is 2. The summed E-state index contributed by atoms with van der Waals surface area (Å²) < 4.78 is 6.48. The van der Waals surface area contributed by atoms with Gasteiger partial charge in [0.1, 0.15) is 11.6 Å². The van der Waals surface area contributed by atoms with Crippen molar-refractivity contribution in [2.45, 2.75) is 63.3 Å². The normalized spacial score (nSPS) is 34.1. The maximum Gasteiger partial charge on any atom is 0.246 e. The fraction of sp³-hybridized carbons (Fsp3) is 0.469. The second-order valence-electron chi connectivity index (χ2n) is 11.8. The minimum absolute atomic E-state index is 0.0457. The molecule has 7 nitrogen and oxygen atoms in total. The molecule has 0 radical (unpaired) electrons. The molecule has 2 saturated heterocycles. The first-order valence-corrected chi connectivity index (χ1v) is 14.7. The summed E-state index contributed by atoms with van der Waals surface area (Å²) >= 11 is 6.01. The van der Waals surface area contributed by atoms with E-state index < -0.39 is 29.6 Å². The molecule has 4 aliphatic rings. The molecule has 2 aromatic carbocycles. The van der Waals surface area contributed by atoms with E-state index in [2.05, 4.69) is 24.5 Å². The molecule has 2 aromatic rings. The van der Waals surface area contributed by atoms with Gasteiger partial charge in [0.25, 0.3) is 0 Å². The maximum absolute atomic E-state index is 14.2. The van der Waals surface area contributed by atoms with Crippen LogP contribution in [0.15, 0.2) is 66.7 Å². The van der Waals surface area contributed by atoms with Gasteiger partial charge in [-0.2, -0.15) is 0 Å². The molecule has 2 N–H and O–H groups in total. The first-order valence-electron chi connectivity index (χ1n) is 14.4. The summed E-state index contributed by atoms with van der Waals surface area (Å²) in [7, 11) is 0. The second kappa shape index (κ2) is 10.7. The number of nitrogens with zero attached hydrogens (tertiary/aromatic N) is 1. The van der Waals surface area contributed by atoms with Crippen molar-refractivity contribution in [3.05, 3.63) is 77.3 Å². The largest absolute Gasteiger partial charge is 0.359 e. The zero-order chi connectivity index (χ0) is 28.0. The lowest BCUT2D eigenvalue weighted by Gasteiger charge is -2.38. The summed E-state index contributed by atoms with van der Waals surface area (Å²) in [6, 6.07) is 16.0. The molecule has 8 atom stereocenters. The highest BCUT2D eigenvalue weighted by Crippen LogP contribution is 2.55. The summed E-state index contributed by atoms with van der Waals surface area (Å²) in [4.78, 5) is 43.6. The Bertz CT molecular complexity index is 1320. The Morgan fingerprint density at radius 3 is 2.55 bits per heavy atom. The van der Waals surface area contributed by atoms with Crippen molar-refractivity contribution in [3.63, 3.8) is 0 Å². The number of halogens is 1. The van der Waals surface area contributed by atoms with Crippen LogP contribution in [-0.2, 0) is 25.5 Å². The Kier molecular flexibility index (Phi) is 7.21. The predicted molar refractivity (Wildman–Crippen MR) is 154 cm³/mol. The van der Waals surface area contributed by atoms with Gasteiger partial charge < -0.3 is 20.3 Å². The minimum atomic E-state index is -1.17. The molecule has 3 fully saturated rings. The number of fused-ring (bicyclic) bond motifs is 1. The first-order chi connectivity index (χ1) is 19.3. The van der Waals surface area contributed by atoms with Crippen molar-refractivity contribution in [1.29, 1.82) is 0 Å². The number of carbonyl (C=O) groups is 3. The molecule has 6 rings (SSSR count). The number of rotatable bonds is 7. The van der Waals surface area contributed by atoms with Crippen LogP contribution in [0.5, 0.6) is 0 Å². The van der Waals surface area contributed by atoms with Crippen LogP contribution in [0.4, 0.5) is 5.69 Å². The molecule has 3 aliphatic heterocycles. The summed E-state index contributed by atoms with van der Waals surface area (Å²) in [6.45, 7) is 4.79. The lowest BCUT2D eigenvalue weighted by atomic mass is 9.73. The maximum atomic E-state index is 14.2. The number of hydrogen-bond acceptors (Lipinski definition) is 4. The zero-order valence-electron chi connectivity index (χ0n) is 22.9. The monoisotopic (exact) mass is 561 g/mol. The Balaban J connectivity index is 1.29. The van der Waals surface area contributed by atoms with E-state index in [1.807, 2.05) is 42.5 Å². The van der Waals surface area contributed by atoms with Gasteiger partial charge in [0.15, 0.2) is 0 Å². The van der Waals surface area contributed by atoms with Crippen molar-refractivity contribution < 1.29 is 19.1 Å². The molecule has 1 saturated carbocycles. The SMILES string of the molecule is CC1CCCC(NC(=O)C2N(CCc3ccccc3)C(=O)C3C(C(=O)Nc4ccc(Cl)cc4)C4C=CC32O4)C1C. The Morgan fingerprint density at radius 2 is 1.80 bits per heavy atom. The molecular weight excluding hydrogens is 526 g/mol. The first kappa shape index (κ1) is 27.0. The van der Waals surface area contributed by atoms with E-state index in [9.17, 15) is 14.4 Å². The highest BCUT2D eigenvalue weighted by molar-refractivity contribution is 6.30. The van der Waals surface area contributed by atoms with E-state index in [-0.39, 0.29) is 23.8 Å². The molecule has 8 unspecified atom stereocenters. The molecule has 1 spiro atoms. The molecule has 8 heteroatoms. The molecule has 2 bridgehead atoms. The molecule has 40 heavy (non-hydrogen) atoms. The average Bonchev–Trinajstić information content (AvgIpc) is 3.59. The highest BCUT2D eigenvalue weighted by atomic mass is 35.5. The number of likely N-dealkylation sites (tertiary alicyclic amines) is 1. The van der Waals surface area contributed by atoms with E-state index in [0.717, 1.165) is 24.8 Å². The summed E-state index contributed by atoms with van der Waals surface area (Å²) in [5.74, 6) is -1.35. The van der Waals surface area contributed by atoms with Gasteiger partial charge in [-0.1, -0.05) is 80.8 Å². The van der Waals surface area contributed by atoms with Crippen molar-refractivity contribution in [1.82, 2.24) is 10.2 Å². The second-order valence-corrected chi connectivity index (χ2v) is 12.3. The third-order valence-corrected chi connectivity index (χ3v) is 9.81. The van der Waals surface area contributed by atoms with E-state index >= 15 is 0 Å². The quantitative estimate of drug-likeness (QED) is 0.483. The summed E-state index contributed by atoms with van der Waals surface area (Å²) in [5.41, 5.74) is 0.501. The van der Waals surface area contributed by atoms with Crippen LogP contribution >= 0.6 is 11.6 Å². The van der Waals surface area contributed by atoms with Crippen LogP contribution in [0.25, 0.3) is 0 Å². The number of carbonyl (C=O) groups excluding carboxylic acids is 3. The van der Waals surface area contributed by atoms with Crippen LogP contribution in [0.2, 0.25) is 5.02 Å². The van der Waals surface area contributed by atoms with Gasteiger partial charge in [-0.3, -0.25) is 14.4 Å². The molecule has 0 aromatic heterocycles. The minimum Gasteiger partial charge on any atom is -0.359 e. The van der Waals surface area contributed by atoms with E-state index in [1.165, 1.54) is 0 Å². The number of anilines is 1. The summed E-state index contributed by atoms with van der Waals surface area (Å²) in [5, 5.41) is 6.81. The smallest absolute Gasteiger partial charge is 0.246 e. The van der Waals surface area contributed by atoms with E-state index in [1.54, 1.807) is 29.2 Å². The van der Waals surface area contributed by atoms with Gasteiger partial charge in [0, 0.05) is 23.3 Å². The lowest BCUT2D eigenvalue weighted by molar-refractivity contribution is -0.141. The van der Waals surface area contributed by atoms with Crippen molar-refractivity contribution in [2.24, 2.45) is 23.7 Å². The van der Waals surface area contributed by atoms with Gasteiger partial charge in [0.2, 0.25) is 17.7 Å². The van der Waals surface area contributed by atoms with Crippen molar-refractivity contribution in [3.8, 4) is 0 Å². The van der Waals surface area contributed by atoms with Crippen LogP contribution < -0.4 is 10.6 Å². The average molecular weight is 562 g/mol.